The second-order valence-electron chi connectivity index (χ2n) is 3.70. The Labute approximate surface area is 108 Å². The first-order chi connectivity index (χ1) is 8.41. The molecule has 19 heavy (non-hydrogen) atoms. The summed E-state index contributed by atoms with van der Waals surface area (Å²) in [5.41, 5.74) is 0. The van der Waals surface area contributed by atoms with Crippen LogP contribution in [0.3, 0.4) is 0 Å². The van der Waals surface area contributed by atoms with Gasteiger partial charge < -0.3 is 14.9 Å². The molecule has 1 aliphatic rings. The summed E-state index contributed by atoms with van der Waals surface area (Å²) in [5.74, 6) is 0. The van der Waals surface area contributed by atoms with E-state index >= 15 is 0 Å². The van der Waals surface area contributed by atoms with Crippen molar-refractivity contribution in [1.29, 1.82) is 0 Å². The Hall–Kier alpha value is -0.380. The standard InChI is InChI=1S/C6H12O11S2/c1-2-4(16-18(9,10)11)3(7)5(6(8)15-2)17-19(12,13)14/h2-8H,1H3,(H,9,10,11)(H,12,13,14)/t2-,3+,4+,5-,6?/m0/s1. The Kier molecular flexibility index (Phi) is 4.87. The highest BCUT2D eigenvalue weighted by molar-refractivity contribution is 7.81. The van der Waals surface area contributed by atoms with Crippen molar-refractivity contribution in [2.45, 2.75) is 37.6 Å². The zero-order valence-corrected chi connectivity index (χ0v) is 11.0. The summed E-state index contributed by atoms with van der Waals surface area (Å²) in [6.45, 7) is 1.19. The molecule has 5 atom stereocenters. The van der Waals surface area contributed by atoms with Gasteiger partial charge in [-0.25, -0.2) is 8.37 Å². The van der Waals surface area contributed by atoms with Crippen molar-refractivity contribution < 1.29 is 49.3 Å². The molecule has 4 N–H and O–H groups in total. The van der Waals surface area contributed by atoms with E-state index in [9.17, 15) is 27.0 Å². The maximum absolute atomic E-state index is 10.6. The molecule has 0 radical (unpaired) electrons. The predicted octanol–water partition coefficient (Wildman–Crippen LogP) is -2.54. The lowest BCUT2D eigenvalue weighted by Crippen LogP contribution is -2.59. The average Bonchev–Trinajstić information content (AvgIpc) is 2.16. The van der Waals surface area contributed by atoms with Crippen LogP contribution >= 0.6 is 0 Å². The van der Waals surface area contributed by atoms with Crippen LogP contribution in [-0.4, -0.2) is 66.9 Å². The van der Waals surface area contributed by atoms with Crippen LogP contribution in [-0.2, 0) is 33.9 Å². The van der Waals surface area contributed by atoms with E-state index in [4.69, 9.17) is 9.11 Å². The van der Waals surface area contributed by atoms with Crippen LogP contribution in [0, 0.1) is 0 Å². The summed E-state index contributed by atoms with van der Waals surface area (Å²) in [5, 5.41) is 19.0. The third-order valence-corrected chi connectivity index (χ3v) is 3.17. The molecule has 0 saturated carbocycles. The molecule has 1 aliphatic heterocycles. The number of hydrogen-bond acceptors (Lipinski definition) is 9. The van der Waals surface area contributed by atoms with Crippen LogP contribution in [0.4, 0.5) is 0 Å². The van der Waals surface area contributed by atoms with Gasteiger partial charge in [-0.1, -0.05) is 0 Å². The molecule has 0 aromatic rings. The van der Waals surface area contributed by atoms with Gasteiger partial charge in [0.2, 0.25) is 0 Å². The molecular weight excluding hydrogens is 312 g/mol. The SMILES string of the molecule is C[C@@H]1OC(O)[C@@H](OS(=O)(=O)O)[C@H](O)[C@@H]1OS(=O)(=O)O. The van der Waals surface area contributed by atoms with Crippen molar-refractivity contribution in [3.8, 4) is 0 Å². The van der Waals surface area contributed by atoms with Crippen molar-refractivity contribution in [2.75, 3.05) is 0 Å². The molecule has 0 aliphatic carbocycles. The molecular formula is C6H12O11S2. The molecule has 1 saturated heterocycles. The Bertz CT molecular complexity index is 463. The smallest absolute Gasteiger partial charge is 0.387 e. The lowest BCUT2D eigenvalue weighted by atomic mass is 10.0. The van der Waals surface area contributed by atoms with E-state index in [1.165, 1.54) is 6.92 Å². The first kappa shape index (κ1) is 16.7. The molecule has 114 valence electrons. The first-order valence-corrected chi connectivity index (χ1v) is 7.47. The molecule has 0 aromatic heterocycles. The van der Waals surface area contributed by atoms with Gasteiger partial charge in [0, 0.05) is 0 Å². The molecule has 11 nitrogen and oxygen atoms in total. The minimum atomic E-state index is -5.04. The quantitative estimate of drug-likeness (QED) is 0.400. The van der Waals surface area contributed by atoms with E-state index in [1.54, 1.807) is 0 Å². The van der Waals surface area contributed by atoms with Crippen LogP contribution in [0.5, 0.6) is 0 Å². The monoisotopic (exact) mass is 324 g/mol. The fourth-order valence-electron chi connectivity index (χ4n) is 1.53. The highest BCUT2D eigenvalue weighted by Gasteiger charge is 2.48. The predicted molar refractivity (Wildman–Crippen MR) is 55.4 cm³/mol. The van der Waals surface area contributed by atoms with Crippen LogP contribution in [0.15, 0.2) is 0 Å². The van der Waals surface area contributed by atoms with Gasteiger partial charge >= 0.3 is 20.8 Å². The Morgan fingerprint density at radius 2 is 1.37 bits per heavy atom. The van der Waals surface area contributed by atoms with Gasteiger partial charge in [-0.05, 0) is 6.92 Å². The molecule has 1 unspecified atom stereocenters. The highest BCUT2D eigenvalue weighted by Crippen LogP contribution is 2.26. The van der Waals surface area contributed by atoms with Gasteiger partial charge in [0.25, 0.3) is 0 Å². The normalized spacial score (nSPS) is 37.2. The van der Waals surface area contributed by atoms with Crippen LogP contribution < -0.4 is 0 Å². The van der Waals surface area contributed by atoms with Gasteiger partial charge in [0.1, 0.15) is 12.2 Å². The van der Waals surface area contributed by atoms with Crippen LogP contribution in [0.1, 0.15) is 6.92 Å². The minimum Gasteiger partial charge on any atom is -0.387 e. The summed E-state index contributed by atoms with van der Waals surface area (Å²) < 4.78 is 71.8. The van der Waals surface area contributed by atoms with E-state index in [1.807, 2.05) is 0 Å². The van der Waals surface area contributed by atoms with E-state index < -0.39 is 51.5 Å². The van der Waals surface area contributed by atoms with Gasteiger partial charge in [-0.15, -0.1) is 0 Å². The van der Waals surface area contributed by atoms with Crippen molar-refractivity contribution in [1.82, 2.24) is 0 Å². The fraction of sp³-hybridized carbons (Fsp3) is 1.00. The number of hydrogen-bond donors (Lipinski definition) is 4. The second-order valence-corrected chi connectivity index (χ2v) is 5.80. The fourth-order valence-corrected chi connectivity index (χ4v) is 2.57. The first-order valence-electron chi connectivity index (χ1n) is 4.74. The summed E-state index contributed by atoms with van der Waals surface area (Å²) >= 11 is 0. The summed E-state index contributed by atoms with van der Waals surface area (Å²) in [4.78, 5) is 0. The Morgan fingerprint density at radius 1 is 0.947 bits per heavy atom. The zero-order valence-electron chi connectivity index (χ0n) is 9.35. The molecule has 0 bridgehead atoms. The summed E-state index contributed by atoms with van der Waals surface area (Å²) in [7, 11) is -10.0. The number of aliphatic hydroxyl groups is 2. The van der Waals surface area contributed by atoms with E-state index in [0.717, 1.165) is 0 Å². The molecule has 0 amide bonds. The lowest BCUT2D eigenvalue weighted by molar-refractivity contribution is -0.266. The van der Waals surface area contributed by atoms with Crippen LogP contribution in [0.25, 0.3) is 0 Å². The van der Waals surface area contributed by atoms with Crippen molar-refractivity contribution in [2.24, 2.45) is 0 Å². The Balaban J connectivity index is 2.95. The number of aliphatic hydroxyl groups excluding tert-OH is 2. The maximum Gasteiger partial charge on any atom is 0.397 e. The van der Waals surface area contributed by atoms with E-state index in [0.29, 0.717) is 0 Å². The lowest BCUT2D eigenvalue weighted by Gasteiger charge is -2.39. The third-order valence-electron chi connectivity index (χ3n) is 2.24. The van der Waals surface area contributed by atoms with Gasteiger partial charge in [0.05, 0.1) is 6.10 Å². The number of ether oxygens (including phenoxy) is 1. The second kappa shape index (κ2) is 5.55. The highest BCUT2D eigenvalue weighted by atomic mass is 32.3. The summed E-state index contributed by atoms with van der Waals surface area (Å²) in [6, 6.07) is 0. The molecule has 1 fully saturated rings. The van der Waals surface area contributed by atoms with Crippen molar-refractivity contribution in [3.05, 3.63) is 0 Å². The van der Waals surface area contributed by atoms with E-state index in [2.05, 4.69) is 13.1 Å². The topological polar surface area (TPSA) is 177 Å². The van der Waals surface area contributed by atoms with Gasteiger partial charge in [0.15, 0.2) is 12.4 Å². The Morgan fingerprint density at radius 3 is 1.79 bits per heavy atom. The van der Waals surface area contributed by atoms with Gasteiger partial charge in [-0.2, -0.15) is 16.8 Å². The average molecular weight is 324 g/mol. The van der Waals surface area contributed by atoms with Crippen LogP contribution in [0.2, 0.25) is 0 Å². The van der Waals surface area contributed by atoms with Gasteiger partial charge in [-0.3, -0.25) is 9.11 Å². The maximum atomic E-state index is 10.6. The van der Waals surface area contributed by atoms with Crippen molar-refractivity contribution >= 4 is 20.8 Å². The largest absolute Gasteiger partial charge is 0.397 e. The molecule has 13 heteroatoms. The molecule has 1 heterocycles. The number of rotatable bonds is 4. The van der Waals surface area contributed by atoms with E-state index in [-0.39, 0.29) is 0 Å². The molecule has 0 spiro atoms. The van der Waals surface area contributed by atoms with Crippen molar-refractivity contribution in [3.63, 3.8) is 0 Å². The zero-order chi connectivity index (χ0) is 15.0. The molecule has 0 aromatic carbocycles. The minimum absolute atomic E-state index is 1.19. The third kappa shape index (κ3) is 4.90. The summed E-state index contributed by atoms with van der Waals surface area (Å²) in [6.07, 6.45) is -8.97. The molecule has 1 rings (SSSR count).